The molecule has 9 nitrogen and oxygen atoms in total. The van der Waals surface area contributed by atoms with Gasteiger partial charge in [0, 0.05) is 0 Å². The van der Waals surface area contributed by atoms with E-state index < -0.39 is 47.9 Å². The molecule has 1 fully saturated rings. The Bertz CT molecular complexity index is 757. The van der Waals surface area contributed by atoms with E-state index in [0.717, 1.165) is 0 Å². The third-order valence-electron chi connectivity index (χ3n) is 4.00. The number of carbonyl (C=O) groups excluding carboxylic acids is 3. The minimum Gasteiger partial charge on any atom is -0.480 e. The molecule has 152 valence electrons. The number of amides is 3. The minimum atomic E-state index is -1.42. The fourth-order valence-corrected chi connectivity index (χ4v) is 2.83. The smallest absolute Gasteiger partial charge is 0.417 e. The fraction of sp³-hybridized carbons (Fsp3) is 0.474. The van der Waals surface area contributed by atoms with E-state index in [1.165, 1.54) is 6.92 Å². The first-order valence-electron chi connectivity index (χ1n) is 8.79. The van der Waals surface area contributed by atoms with Gasteiger partial charge in [-0.3, -0.25) is 4.79 Å². The first-order chi connectivity index (χ1) is 13.0. The Hall–Kier alpha value is -3.10. The molecule has 0 unspecified atom stereocenters. The zero-order chi connectivity index (χ0) is 21.1. The van der Waals surface area contributed by atoms with Gasteiger partial charge in [-0.2, -0.15) is 0 Å². The quantitative estimate of drug-likeness (QED) is 0.789. The van der Waals surface area contributed by atoms with Gasteiger partial charge >= 0.3 is 18.2 Å². The van der Waals surface area contributed by atoms with Gasteiger partial charge in [0.25, 0.3) is 0 Å². The second-order valence-corrected chi connectivity index (χ2v) is 7.45. The van der Waals surface area contributed by atoms with Crippen molar-refractivity contribution in [2.24, 2.45) is 0 Å². The number of benzene rings is 1. The van der Waals surface area contributed by atoms with Crippen molar-refractivity contribution in [2.75, 3.05) is 0 Å². The maximum absolute atomic E-state index is 12.7. The van der Waals surface area contributed by atoms with Crippen LogP contribution in [0.25, 0.3) is 0 Å². The molecule has 1 aliphatic heterocycles. The van der Waals surface area contributed by atoms with Gasteiger partial charge in [0.05, 0.1) is 12.5 Å². The number of alkyl carbamates (subject to hydrolysis) is 1. The number of nitrogens with one attached hydrogen (secondary N) is 1. The van der Waals surface area contributed by atoms with Crippen LogP contribution in [0.2, 0.25) is 0 Å². The zero-order valence-electron chi connectivity index (χ0n) is 16.2. The van der Waals surface area contributed by atoms with Crippen molar-refractivity contribution in [3.05, 3.63) is 35.9 Å². The van der Waals surface area contributed by atoms with Crippen molar-refractivity contribution in [1.82, 2.24) is 10.2 Å². The summed E-state index contributed by atoms with van der Waals surface area (Å²) in [7, 11) is 0. The number of nitrogens with zero attached hydrogens (tertiary/aromatic N) is 1. The Morgan fingerprint density at radius 1 is 1.25 bits per heavy atom. The molecule has 0 saturated carbocycles. The summed E-state index contributed by atoms with van der Waals surface area (Å²) in [5.74, 6) is -2.12. The molecule has 2 rings (SSSR count). The average Bonchev–Trinajstić information content (AvgIpc) is 2.87. The van der Waals surface area contributed by atoms with Gasteiger partial charge in [-0.05, 0) is 33.3 Å². The topological polar surface area (TPSA) is 122 Å². The number of carbonyl (C=O) groups is 4. The summed E-state index contributed by atoms with van der Waals surface area (Å²) >= 11 is 0. The van der Waals surface area contributed by atoms with Crippen molar-refractivity contribution in [3.63, 3.8) is 0 Å². The summed E-state index contributed by atoms with van der Waals surface area (Å²) in [4.78, 5) is 48.9. The third-order valence-corrected chi connectivity index (χ3v) is 4.00. The van der Waals surface area contributed by atoms with Gasteiger partial charge in [0.15, 0.2) is 6.04 Å². The summed E-state index contributed by atoms with van der Waals surface area (Å²) in [5.41, 5.74) is -0.132. The van der Waals surface area contributed by atoms with Crippen molar-refractivity contribution in [3.8, 4) is 0 Å². The molecule has 1 heterocycles. The van der Waals surface area contributed by atoms with E-state index in [-0.39, 0.29) is 6.42 Å². The molecular formula is C19H24N2O7. The van der Waals surface area contributed by atoms with E-state index in [2.05, 4.69) is 5.32 Å². The fourth-order valence-electron chi connectivity index (χ4n) is 2.83. The molecule has 0 bridgehead atoms. The Labute approximate surface area is 162 Å². The number of rotatable bonds is 5. The van der Waals surface area contributed by atoms with Crippen LogP contribution < -0.4 is 5.32 Å². The van der Waals surface area contributed by atoms with Crippen LogP contribution in [0.4, 0.5) is 9.59 Å². The van der Waals surface area contributed by atoms with E-state index in [1.807, 2.05) is 0 Å². The highest BCUT2D eigenvalue weighted by atomic mass is 16.6. The summed E-state index contributed by atoms with van der Waals surface area (Å²) < 4.78 is 10.1. The van der Waals surface area contributed by atoms with Gasteiger partial charge in [0.1, 0.15) is 11.7 Å². The second-order valence-electron chi connectivity index (χ2n) is 7.45. The van der Waals surface area contributed by atoms with E-state index in [9.17, 15) is 24.3 Å². The summed E-state index contributed by atoms with van der Waals surface area (Å²) in [6, 6.07) is 6.41. The number of imide groups is 1. The van der Waals surface area contributed by atoms with Crippen molar-refractivity contribution in [2.45, 2.75) is 57.9 Å². The molecule has 0 aromatic heterocycles. The van der Waals surface area contributed by atoms with Gasteiger partial charge in [-0.1, -0.05) is 30.3 Å². The van der Waals surface area contributed by atoms with Crippen molar-refractivity contribution in [1.29, 1.82) is 0 Å². The SMILES string of the molecule is C[C@@H]1OC(=O)N(C(=O)C[C@H](NC(=O)OC(C)(C)C)c2ccccc2)[C@H]1C(=O)O. The predicted molar refractivity (Wildman–Crippen MR) is 97.4 cm³/mol. The van der Waals surface area contributed by atoms with E-state index in [0.29, 0.717) is 10.5 Å². The lowest BCUT2D eigenvalue weighted by Gasteiger charge is -2.25. The molecule has 0 radical (unpaired) electrons. The molecule has 9 heteroatoms. The Morgan fingerprint density at radius 3 is 2.39 bits per heavy atom. The number of carboxylic acid groups (broad SMARTS) is 1. The molecule has 2 N–H and O–H groups in total. The van der Waals surface area contributed by atoms with Crippen LogP contribution in [-0.4, -0.2) is 51.8 Å². The molecule has 1 saturated heterocycles. The number of carboxylic acids is 1. The Balaban J connectivity index is 2.22. The number of ether oxygens (including phenoxy) is 2. The molecule has 1 aromatic rings. The van der Waals surface area contributed by atoms with E-state index >= 15 is 0 Å². The molecule has 1 aliphatic rings. The predicted octanol–water partition coefficient (Wildman–Crippen LogP) is 2.46. The zero-order valence-corrected chi connectivity index (χ0v) is 16.2. The normalized spacial score (nSPS) is 20.3. The standard InChI is InChI=1S/C19H24N2O7/c1-11-15(16(23)24)21(18(26)27-11)14(22)10-13(12-8-6-5-7-9-12)20-17(25)28-19(2,3)4/h5-9,11,13,15H,10H2,1-4H3,(H,20,25)(H,23,24)/t11-,13-,15+/m0/s1. The van der Waals surface area contributed by atoms with Gasteiger partial charge in [-0.15, -0.1) is 0 Å². The number of hydrogen-bond acceptors (Lipinski definition) is 6. The summed E-state index contributed by atoms with van der Waals surface area (Å²) in [6.45, 7) is 6.51. The van der Waals surface area contributed by atoms with Crippen LogP contribution >= 0.6 is 0 Å². The van der Waals surface area contributed by atoms with Gasteiger partial charge in [-0.25, -0.2) is 19.3 Å². The number of cyclic esters (lactones) is 1. The van der Waals surface area contributed by atoms with Crippen LogP contribution in [0, 0.1) is 0 Å². The van der Waals surface area contributed by atoms with E-state index in [4.69, 9.17) is 9.47 Å². The Morgan fingerprint density at radius 2 is 1.86 bits per heavy atom. The van der Waals surface area contributed by atoms with Crippen molar-refractivity contribution < 1.29 is 33.8 Å². The summed E-state index contributed by atoms with van der Waals surface area (Å²) in [5, 5.41) is 11.9. The number of aliphatic carboxylic acids is 1. The average molecular weight is 392 g/mol. The molecule has 3 atom stereocenters. The van der Waals surface area contributed by atoms with Crippen LogP contribution in [0.5, 0.6) is 0 Å². The van der Waals surface area contributed by atoms with Gasteiger partial charge < -0.3 is 19.9 Å². The van der Waals surface area contributed by atoms with Gasteiger partial charge in [0.2, 0.25) is 5.91 Å². The largest absolute Gasteiger partial charge is 0.480 e. The highest BCUT2D eigenvalue weighted by Gasteiger charge is 2.47. The van der Waals surface area contributed by atoms with E-state index in [1.54, 1.807) is 51.1 Å². The first kappa shape index (κ1) is 21.2. The lowest BCUT2D eigenvalue weighted by Crippen LogP contribution is -2.47. The molecule has 0 spiro atoms. The lowest BCUT2D eigenvalue weighted by atomic mass is 10.0. The maximum atomic E-state index is 12.7. The summed E-state index contributed by atoms with van der Waals surface area (Å²) in [6.07, 6.45) is -3.06. The second kappa shape index (κ2) is 8.28. The van der Waals surface area contributed by atoms with Crippen LogP contribution in [0.15, 0.2) is 30.3 Å². The highest BCUT2D eigenvalue weighted by molar-refractivity contribution is 5.99. The molecule has 0 aliphatic carbocycles. The van der Waals surface area contributed by atoms with Crippen molar-refractivity contribution >= 4 is 24.1 Å². The molecule has 3 amide bonds. The maximum Gasteiger partial charge on any atom is 0.417 e. The minimum absolute atomic E-state index is 0.338. The molecule has 1 aromatic carbocycles. The van der Waals surface area contributed by atoms with Crippen LogP contribution in [-0.2, 0) is 19.1 Å². The highest BCUT2D eigenvalue weighted by Crippen LogP contribution is 2.25. The molecular weight excluding hydrogens is 368 g/mol. The monoisotopic (exact) mass is 392 g/mol. The van der Waals surface area contributed by atoms with Crippen LogP contribution in [0.3, 0.4) is 0 Å². The Kier molecular flexibility index (Phi) is 6.27. The molecule has 28 heavy (non-hydrogen) atoms. The lowest BCUT2D eigenvalue weighted by molar-refractivity contribution is -0.147. The number of hydrogen-bond donors (Lipinski definition) is 2. The third kappa shape index (κ3) is 5.21. The first-order valence-corrected chi connectivity index (χ1v) is 8.79. The van der Waals surface area contributed by atoms with Crippen LogP contribution in [0.1, 0.15) is 45.7 Å².